The summed E-state index contributed by atoms with van der Waals surface area (Å²) in [6.07, 6.45) is -13.6. The van der Waals surface area contributed by atoms with Crippen LogP contribution in [0.15, 0.2) is 17.4 Å². The second-order valence-corrected chi connectivity index (χ2v) is 13.5. The van der Waals surface area contributed by atoms with Gasteiger partial charge in [-0.3, -0.25) is 32.5 Å². The molecule has 0 amide bonds. The highest BCUT2D eigenvalue weighted by Crippen LogP contribution is 2.53. The number of nitrogens with one attached hydrogen (secondary N) is 1. The van der Waals surface area contributed by atoms with Crippen molar-refractivity contribution >= 4 is 49.3 Å². The minimum Gasteiger partial charge on any atom is -0.385 e. The second-order valence-electron chi connectivity index (χ2n) is 10.0. The van der Waals surface area contributed by atoms with Crippen LogP contribution in [-0.2, 0) is 37.1 Å². The molecule has 0 radical (unpaired) electrons. The van der Waals surface area contributed by atoms with Gasteiger partial charge in [0, 0.05) is 0 Å². The second kappa shape index (κ2) is 10.8. The predicted molar refractivity (Wildman–Crippen MR) is 141 cm³/mol. The van der Waals surface area contributed by atoms with E-state index in [-0.39, 0.29) is 34.1 Å². The van der Waals surface area contributed by atoms with Gasteiger partial charge in [-0.05, 0) is 0 Å². The molecule has 3 fully saturated rings. The summed E-state index contributed by atoms with van der Waals surface area (Å²) in [5, 5.41) is 29.5. The van der Waals surface area contributed by atoms with Crippen LogP contribution in [-0.4, -0.2) is 114 Å². The number of fused-ring (bicyclic) bond motifs is 5. The molecule has 0 aromatic carbocycles. The Morgan fingerprint density at radius 2 is 1.58 bits per heavy atom. The molecule has 4 aromatic rings. The first-order chi connectivity index (χ1) is 21.3. The normalized spacial score (nSPS) is 37.7. The minimum atomic E-state index is -4.88. The van der Waals surface area contributed by atoms with Crippen molar-refractivity contribution in [2.24, 2.45) is 0 Å². The number of nitrogens with two attached hydrogens (primary N) is 2. The molecule has 26 heteroatoms. The molecule has 4 aromatic heterocycles. The molecule has 0 spiro atoms. The number of rotatable bonds is 2. The van der Waals surface area contributed by atoms with Crippen LogP contribution < -0.4 is 17.0 Å². The predicted octanol–water partition coefficient (Wildman–Crippen LogP) is -2.95. The van der Waals surface area contributed by atoms with E-state index in [2.05, 4.69) is 35.2 Å². The van der Waals surface area contributed by atoms with Crippen LogP contribution in [0.3, 0.4) is 0 Å². The molecule has 9 N–H and O–H groups in total. The molecule has 242 valence electrons. The van der Waals surface area contributed by atoms with Crippen LogP contribution in [0.1, 0.15) is 12.5 Å². The number of nitrogen functional groups attached to an aromatic ring is 2. The molecule has 7 heterocycles. The average molecular weight is 675 g/mol. The molecule has 3 saturated heterocycles. The third-order valence-electron chi connectivity index (χ3n) is 6.97. The summed E-state index contributed by atoms with van der Waals surface area (Å²) in [4.78, 5) is 51.8. The average Bonchev–Trinajstić information content (AvgIpc) is 3.72. The summed E-state index contributed by atoms with van der Waals surface area (Å²) in [5.41, 5.74) is 10.4. The van der Waals surface area contributed by atoms with E-state index in [4.69, 9.17) is 39.5 Å². The largest absolute Gasteiger partial charge is 0.385 e. The summed E-state index contributed by atoms with van der Waals surface area (Å²) in [7, 11) is -9.71. The summed E-state index contributed by atoms with van der Waals surface area (Å²) < 4.78 is 61.3. The molecule has 24 nitrogen and oxygen atoms in total. The van der Waals surface area contributed by atoms with Crippen LogP contribution in [0.2, 0.25) is 0 Å². The van der Waals surface area contributed by atoms with Crippen molar-refractivity contribution in [1.82, 2.24) is 44.5 Å². The van der Waals surface area contributed by atoms with Crippen molar-refractivity contribution in [3.05, 3.63) is 23.0 Å². The molecule has 2 bridgehead atoms. The van der Waals surface area contributed by atoms with E-state index in [1.165, 1.54) is 10.9 Å². The molecule has 3 aliphatic rings. The quantitative estimate of drug-likeness (QED) is 0.104. The van der Waals surface area contributed by atoms with E-state index < -0.39 is 82.9 Å². The fraction of sp³-hybridized carbons (Fsp3) is 0.526. The third-order valence-corrected chi connectivity index (χ3v) is 9.07. The van der Waals surface area contributed by atoms with Crippen LogP contribution in [0.4, 0.5) is 11.8 Å². The van der Waals surface area contributed by atoms with Crippen molar-refractivity contribution in [2.75, 3.05) is 24.2 Å². The SMILES string of the molecule is Nc1nc2c(nnn2[C@@H]2O[C@@H]3OCP(=O)(O)OC4C(O)[C@H](n5cnc6c(N)ncnc65)O[C@@H]4OCP(=O)(O)OC2C3O)c(=O)[nH]1. The van der Waals surface area contributed by atoms with Gasteiger partial charge in [0.2, 0.25) is 5.95 Å². The van der Waals surface area contributed by atoms with Crippen LogP contribution in [0, 0.1) is 0 Å². The van der Waals surface area contributed by atoms with Gasteiger partial charge in [-0.2, -0.15) is 9.67 Å². The maximum Gasteiger partial charge on any atom is 0.354 e. The molecular formula is C19H23N11O13P2. The Morgan fingerprint density at radius 3 is 2.33 bits per heavy atom. The topological polar surface area (TPSA) is 343 Å². The van der Waals surface area contributed by atoms with E-state index in [0.717, 1.165) is 11.0 Å². The highest BCUT2D eigenvalue weighted by molar-refractivity contribution is 7.52. The minimum absolute atomic E-state index is 0.0268. The lowest BCUT2D eigenvalue weighted by Crippen LogP contribution is -2.35. The molecule has 45 heavy (non-hydrogen) atoms. The van der Waals surface area contributed by atoms with Gasteiger partial charge in [0.05, 0.1) is 6.33 Å². The van der Waals surface area contributed by atoms with Gasteiger partial charge < -0.3 is 50.4 Å². The van der Waals surface area contributed by atoms with Gasteiger partial charge >= 0.3 is 15.2 Å². The number of hydrogen-bond donors (Lipinski definition) is 7. The van der Waals surface area contributed by atoms with Crippen molar-refractivity contribution in [1.29, 1.82) is 0 Å². The highest BCUT2D eigenvalue weighted by Gasteiger charge is 2.54. The zero-order chi connectivity index (χ0) is 31.8. The summed E-state index contributed by atoms with van der Waals surface area (Å²) in [6, 6.07) is 0. The molecular weight excluding hydrogens is 652 g/mol. The Morgan fingerprint density at radius 1 is 0.889 bits per heavy atom. The van der Waals surface area contributed by atoms with E-state index in [0.29, 0.717) is 0 Å². The van der Waals surface area contributed by atoms with Gasteiger partial charge in [0.15, 0.2) is 60.4 Å². The van der Waals surface area contributed by atoms with E-state index in [1.807, 2.05) is 0 Å². The van der Waals surface area contributed by atoms with Gasteiger partial charge in [-0.1, -0.05) is 5.21 Å². The number of hydrogen-bond acceptors (Lipinski definition) is 19. The Kier molecular flexibility index (Phi) is 7.23. The maximum atomic E-state index is 13.3. The Hall–Kier alpha value is -3.51. The highest BCUT2D eigenvalue weighted by atomic mass is 31.2. The number of aromatic amines is 1. The van der Waals surface area contributed by atoms with Crippen molar-refractivity contribution in [3.63, 3.8) is 0 Å². The number of anilines is 2. The number of aromatic nitrogens is 9. The van der Waals surface area contributed by atoms with Gasteiger partial charge in [0.25, 0.3) is 5.56 Å². The monoisotopic (exact) mass is 675 g/mol. The van der Waals surface area contributed by atoms with Crippen LogP contribution >= 0.6 is 15.2 Å². The number of nitrogens with zero attached hydrogens (tertiary/aromatic N) is 8. The molecule has 0 saturated carbocycles. The molecule has 7 rings (SSSR count). The molecule has 10 atom stereocenters. The van der Waals surface area contributed by atoms with Crippen LogP contribution in [0.25, 0.3) is 22.3 Å². The Bertz CT molecular complexity index is 1940. The molecule has 3 aliphatic heterocycles. The van der Waals surface area contributed by atoms with Crippen molar-refractivity contribution in [2.45, 2.75) is 49.5 Å². The number of aliphatic hydroxyl groups is 2. The number of aliphatic hydroxyl groups excluding tert-OH is 2. The lowest BCUT2D eigenvalue weighted by atomic mass is 10.2. The fourth-order valence-corrected chi connectivity index (χ4v) is 7.03. The van der Waals surface area contributed by atoms with Crippen molar-refractivity contribution in [3.8, 4) is 0 Å². The standard InChI is InChI=1S/C19H23N11O13P2/c20-11-5-12(23-1-22-11)29(2-24-5)15-7(31)10-18(40-15)39-4-44(34,35)42-9-8(32)17(38-3-45(36,37)43-10)41-16(9)30-13-6(27-28-30)14(33)26-19(21)25-13/h1-2,7-10,15-18,31-32H,3-4H2,(H,34,35)(H,36,37)(H2,20,22,23)(H3,21,25,26,33)/t7?,8?,9?,10?,15-,16-,17+,18+/m1/s1. The molecule has 6 unspecified atom stereocenters. The Labute approximate surface area is 247 Å². The van der Waals surface area contributed by atoms with E-state index in [1.54, 1.807) is 0 Å². The zero-order valence-corrected chi connectivity index (χ0v) is 24.1. The van der Waals surface area contributed by atoms with Gasteiger partial charge in [-0.25, -0.2) is 15.0 Å². The smallest absolute Gasteiger partial charge is 0.354 e. The zero-order valence-electron chi connectivity index (χ0n) is 22.3. The third kappa shape index (κ3) is 5.29. The maximum absolute atomic E-state index is 13.3. The lowest BCUT2D eigenvalue weighted by molar-refractivity contribution is -0.175. The van der Waals surface area contributed by atoms with Crippen molar-refractivity contribution < 1.29 is 57.1 Å². The van der Waals surface area contributed by atoms with Gasteiger partial charge in [0.1, 0.15) is 36.3 Å². The summed E-state index contributed by atoms with van der Waals surface area (Å²) >= 11 is 0. The summed E-state index contributed by atoms with van der Waals surface area (Å²) in [6.45, 7) is 0. The van der Waals surface area contributed by atoms with Crippen LogP contribution in [0.5, 0.6) is 0 Å². The first-order valence-electron chi connectivity index (χ1n) is 12.8. The number of H-pyrrole nitrogens is 1. The molecule has 0 aliphatic carbocycles. The number of imidazole rings is 1. The first-order valence-corrected chi connectivity index (χ1v) is 16.3. The fourth-order valence-electron chi connectivity index (χ4n) is 5.02. The van der Waals surface area contributed by atoms with Gasteiger partial charge in [-0.15, -0.1) is 5.10 Å². The summed E-state index contributed by atoms with van der Waals surface area (Å²) in [5.74, 6) is -0.299. The first kappa shape index (κ1) is 30.2. The van der Waals surface area contributed by atoms with E-state index in [9.17, 15) is 33.9 Å². The van der Waals surface area contributed by atoms with E-state index >= 15 is 0 Å². The Balaban J connectivity index is 1.21. The number of ether oxygens (including phenoxy) is 4. The lowest BCUT2D eigenvalue weighted by Gasteiger charge is -2.25.